The van der Waals surface area contributed by atoms with Crippen molar-refractivity contribution < 1.29 is 0 Å². The topological polar surface area (TPSA) is 68.5 Å². The molecule has 1 N–H and O–H groups in total. The quantitative estimate of drug-likeness (QED) is 0.192. The Balaban J connectivity index is 1.56. The number of aryl methyl sites for hydroxylation is 3. The number of nitrogens with zero attached hydrogens (tertiary/aromatic N) is 5. The third kappa shape index (κ3) is 7.08. The van der Waals surface area contributed by atoms with Gasteiger partial charge in [-0.15, -0.1) is 5.10 Å². The fourth-order valence-electron chi connectivity index (χ4n) is 4.28. The zero-order valence-corrected chi connectivity index (χ0v) is 22.1. The van der Waals surface area contributed by atoms with Gasteiger partial charge in [-0.3, -0.25) is 9.97 Å². The maximum Gasteiger partial charge on any atom is 0.139 e. The van der Waals surface area contributed by atoms with Gasteiger partial charge in [0.25, 0.3) is 0 Å². The molecule has 0 aliphatic rings. The first-order chi connectivity index (χ1) is 18.0. The van der Waals surface area contributed by atoms with Crippen LogP contribution in [0.4, 0.5) is 0 Å². The Labute approximate surface area is 220 Å². The number of pyridine rings is 2. The summed E-state index contributed by atoms with van der Waals surface area (Å²) in [6, 6.07) is 18.4. The van der Waals surface area contributed by atoms with E-state index >= 15 is 0 Å². The molecule has 1 aromatic carbocycles. The summed E-state index contributed by atoms with van der Waals surface area (Å²) < 4.78 is 1.90. The number of hydrogen-bond acceptors (Lipinski definition) is 5. The second-order valence-electron chi connectivity index (χ2n) is 9.35. The van der Waals surface area contributed by atoms with Crippen molar-refractivity contribution in [3.63, 3.8) is 0 Å². The molecule has 0 saturated heterocycles. The molecule has 0 aliphatic carbocycles. The Bertz CT molecular complexity index is 1350. The number of rotatable bonds is 12. The van der Waals surface area contributed by atoms with E-state index in [-0.39, 0.29) is 0 Å². The van der Waals surface area contributed by atoms with Gasteiger partial charge < -0.3 is 5.32 Å². The molecule has 0 unspecified atom stereocenters. The van der Waals surface area contributed by atoms with E-state index in [9.17, 15) is 0 Å². The normalized spacial score (nSPS) is 11.3. The van der Waals surface area contributed by atoms with E-state index in [1.807, 2.05) is 66.4 Å². The van der Waals surface area contributed by atoms with Crippen LogP contribution >= 0.6 is 0 Å². The first-order valence-electron chi connectivity index (χ1n) is 13.0. The van der Waals surface area contributed by atoms with E-state index in [1.165, 1.54) is 12.0 Å². The largest absolute Gasteiger partial charge is 0.317 e. The lowest BCUT2D eigenvalue weighted by Crippen LogP contribution is -2.16. The molecule has 6 nitrogen and oxygen atoms in total. The molecule has 0 aliphatic heterocycles. The summed E-state index contributed by atoms with van der Waals surface area (Å²) in [5.74, 6) is 0. The first kappa shape index (κ1) is 26.2. The fourth-order valence-corrected chi connectivity index (χ4v) is 4.28. The van der Waals surface area contributed by atoms with Crippen LogP contribution in [0, 0.1) is 13.8 Å². The lowest BCUT2D eigenvalue weighted by atomic mass is 10.1. The molecule has 4 rings (SSSR count). The molecule has 0 bridgehead atoms. The summed E-state index contributed by atoms with van der Waals surface area (Å²) in [5.41, 5.74) is 8.62. The average molecular weight is 493 g/mol. The first-order valence-corrected chi connectivity index (χ1v) is 13.0. The highest BCUT2D eigenvalue weighted by Crippen LogP contribution is 2.27. The van der Waals surface area contributed by atoms with Gasteiger partial charge in [-0.2, -0.15) is 0 Å². The van der Waals surface area contributed by atoms with Crippen LogP contribution in [0.1, 0.15) is 53.5 Å². The lowest BCUT2D eigenvalue weighted by Gasteiger charge is -2.09. The van der Waals surface area contributed by atoms with Crippen molar-refractivity contribution in [2.75, 3.05) is 13.1 Å². The van der Waals surface area contributed by atoms with Gasteiger partial charge in [0.1, 0.15) is 5.69 Å². The molecule has 190 valence electrons. The van der Waals surface area contributed by atoms with E-state index in [2.05, 4.69) is 54.3 Å². The Hall–Kier alpha value is -3.90. The van der Waals surface area contributed by atoms with Crippen LogP contribution in [0.15, 0.2) is 73.4 Å². The zero-order valence-electron chi connectivity index (χ0n) is 22.1. The van der Waals surface area contributed by atoms with Crippen molar-refractivity contribution in [1.29, 1.82) is 0 Å². The van der Waals surface area contributed by atoms with Gasteiger partial charge in [-0.1, -0.05) is 67.3 Å². The van der Waals surface area contributed by atoms with Gasteiger partial charge in [-0.05, 0) is 86.7 Å². The molecule has 0 fully saturated rings. The standard InChI is InChI=1S/C31H36N6/c1-5-18-32-19-10-14-27-20-24(3)28(33-21-27)17-16-23(2)31-30(29-15-9-11-25(4)34-29)35-36-37(31)22-26-12-7-6-8-13-26/h6-9,11-13,15-17,20-21,32H,2,5,10,14,18-19,22H2,1,3-4H3/b17-16-. The molecule has 3 heterocycles. The Morgan fingerprint density at radius 1 is 1.03 bits per heavy atom. The van der Waals surface area contributed by atoms with Crippen molar-refractivity contribution >= 4 is 11.6 Å². The number of benzene rings is 1. The molecule has 4 aromatic rings. The van der Waals surface area contributed by atoms with Crippen LogP contribution in [0.3, 0.4) is 0 Å². The molecule has 0 radical (unpaired) electrons. The Morgan fingerprint density at radius 2 is 1.86 bits per heavy atom. The SMILES string of the molecule is C=C(/C=C\c1ncc(CCCNCCC)cc1C)c1c(-c2cccc(C)n2)nnn1Cc1ccccc1. The third-order valence-electron chi connectivity index (χ3n) is 6.21. The second kappa shape index (κ2) is 12.9. The molecular formula is C31H36N6. The van der Waals surface area contributed by atoms with Gasteiger partial charge in [0.2, 0.25) is 0 Å². The maximum atomic E-state index is 4.73. The van der Waals surface area contributed by atoms with Gasteiger partial charge in [0.15, 0.2) is 0 Å². The average Bonchev–Trinajstić information content (AvgIpc) is 3.32. The molecule has 3 aromatic heterocycles. The van der Waals surface area contributed by atoms with E-state index in [1.54, 1.807) is 0 Å². The number of allylic oxidation sites excluding steroid dienone is 2. The highest BCUT2D eigenvalue weighted by Gasteiger charge is 2.18. The fraction of sp³-hybridized carbons (Fsp3) is 0.290. The Morgan fingerprint density at radius 3 is 2.62 bits per heavy atom. The molecule has 0 saturated carbocycles. The van der Waals surface area contributed by atoms with Crippen molar-refractivity contribution in [2.45, 2.75) is 46.6 Å². The minimum absolute atomic E-state index is 0.598. The van der Waals surface area contributed by atoms with Crippen molar-refractivity contribution in [2.24, 2.45) is 0 Å². The monoisotopic (exact) mass is 492 g/mol. The lowest BCUT2D eigenvalue weighted by molar-refractivity contribution is 0.639. The van der Waals surface area contributed by atoms with Crippen molar-refractivity contribution in [3.8, 4) is 11.4 Å². The maximum absolute atomic E-state index is 4.73. The molecular weight excluding hydrogens is 456 g/mol. The number of aromatic nitrogens is 5. The van der Waals surface area contributed by atoms with Gasteiger partial charge >= 0.3 is 0 Å². The van der Waals surface area contributed by atoms with Gasteiger partial charge in [0, 0.05) is 11.9 Å². The van der Waals surface area contributed by atoms with Crippen LogP contribution in [0.2, 0.25) is 0 Å². The third-order valence-corrected chi connectivity index (χ3v) is 6.21. The smallest absolute Gasteiger partial charge is 0.139 e. The van der Waals surface area contributed by atoms with Crippen LogP contribution in [-0.2, 0) is 13.0 Å². The summed E-state index contributed by atoms with van der Waals surface area (Å²) >= 11 is 0. The van der Waals surface area contributed by atoms with E-state index in [0.29, 0.717) is 6.54 Å². The summed E-state index contributed by atoms with van der Waals surface area (Å²) in [7, 11) is 0. The van der Waals surface area contributed by atoms with Crippen molar-refractivity contribution in [3.05, 3.63) is 107 Å². The molecule has 0 amide bonds. The van der Waals surface area contributed by atoms with Crippen LogP contribution in [-0.4, -0.2) is 38.1 Å². The number of nitrogens with one attached hydrogen (secondary N) is 1. The summed E-state index contributed by atoms with van der Waals surface area (Å²) in [4.78, 5) is 9.42. The minimum Gasteiger partial charge on any atom is -0.317 e. The van der Waals surface area contributed by atoms with Gasteiger partial charge in [0.05, 0.1) is 23.6 Å². The molecule has 0 atom stereocenters. The van der Waals surface area contributed by atoms with E-state index < -0.39 is 0 Å². The molecule has 6 heteroatoms. The summed E-state index contributed by atoms with van der Waals surface area (Å²) in [6.45, 7) is 13.4. The second-order valence-corrected chi connectivity index (χ2v) is 9.35. The van der Waals surface area contributed by atoms with E-state index in [0.717, 1.165) is 71.1 Å². The minimum atomic E-state index is 0.598. The van der Waals surface area contributed by atoms with Crippen LogP contribution in [0.5, 0.6) is 0 Å². The van der Waals surface area contributed by atoms with Crippen molar-refractivity contribution in [1.82, 2.24) is 30.3 Å². The predicted molar refractivity (Wildman–Crippen MR) is 152 cm³/mol. The summed E-state index contributed by atoms with van der Waals surface area (Å²) in [5, 5.41) is 12.5. The van der Waals surface area contributed by atoms with Crippen LogP contribution in [0.25, 0.3) is 23.0 Å². The highest BCUT2D eigenvalue weighted by molar-refractivity contribution is 5.82. The molecule has 0 spiro atoms. The van der Waals surface area contributed by atoms with Crippen LogP contribution < -0.4 is 5.32 Å². The Kier molecular flexibility index (Phi) is 9.11. The number of hydrogen-bond donors (Lipinski definition) is 1. The summed E-state index contributed by atoms with van der Waals surface area (Å²) in [6.07, 6.45) is 9.32. The molecule has 37 heavy (non-hydrogen) atoms. The van der Waals surface area contributed by atoms with E-state index in [4.69, 9.17) is 9.97 Å². The zero-order chi connectivity index (χ0) is 26.0. The predicted octanol–water partition coefficient (Wildman–Crippen LogP) is 6.06. The van der Waals surface area contributed by atoms with Gasteiger partial charge in [-0.25, -0.2) is 4.68 Å². The highest BCUT2D eigenvalue weighted by atomic mass is 15.4.